The number of alkyl halides is 1. The van der Waals surface area contributed by atoms with Crippen molar-refractivity contribution in [3.63, 3.8) is 0 Å². The Balaban J connectivity index is 3.67. The van der Waals surface area contributed by atoms with E-state index in [0.29, 0.717) is 5.23 Å². The highest BCUT2D eigenvalue weighted by molar-refractivity contribution is 6.18. The molecule has 0 unspecified atom stereocenters. The smallest absolute Gasteiger partial charge is 0.326 e. The molecule has 0 bridgehead atoms. The lowest BCUT2D eigenvalue weighted by Gasteiger charge is -2.14. The first-order chi connectivity index (χ1) is 5.20. The molecule has 0 aromatic carbocycles. The molecule has 0 aliphatic carbocycles. The maximum atomic E-state index is 10.3. The SMILES string of the molecule is CC(=O)ON(CCCl)OC=O. The van der Waals surface area contributed by atoms with Gasteiger partial charge in [-0.2, -0.15) is 0 Å². The van der Waals surface area contributed by atoms with Crippen molar-refractivity contribution in [1.29, 1.82) is 0 Å². The summed E-state index contributed by atoms with van der Waals surface area (Å²) >= 11 is 5.29. The summed E-state index contributed by atoms with van der Waals surface area (Å²) in [6.07, 6.45) is 0. The average Bonchev–Trinajstić information content (AvgIpc) is 1.87. The number of carbonyl (C=O) groups is 2. The van der Waals surface area contributed by atoms with Gasteiger partial charge in [-0.1, -0.05) is 0 Å². The zero-order valence-electron chi connectivity index (χ0n) is 5.95. The predicted octanol–water partition coefficient (Wildman–Crippen LogP) is 0.0933. The van der Waals surface area contributed by atoms with E-state index < -0.39 is 5.97 Å². The Hall–Kier alpha value is -0.810. The van der Waals surface area contributed by atoms with Crippen LogP contribution in [0.15, 0.2) is 0 Å². The lowest BCUT2D eigenvalue weighted by atomic mass is 10.8. The molecule has 11 heavy (non-hydrogen) atoms. The van der Waals surface area contributed by atoms with Crippen LogP contribution in [-0.4, -0.2) is 30.1 Å². The monoisotopic (exact) mass is 181 g/mol. The largest absolute Gasteiger partial charge is 0.336 e. The minimum atomic E-state index is -0.572. The van der Waals surface area contributed by atoms with E-state index in [-0.39, 0.29) is 18.9 Å². The summed E-state index contributed by atoms with van der Waals surface area (Å²) in [5, 5.41) is 0.711. The van der Waals surface area contributed by atoms with Gasteiger partial charge in [0, 0.05) is 18.0 Å². The Bertz CT molecular complexity index is 140. The van der Waals surface area contributed by atoms with Gasteiger partial charge in [0.25, 0.3) is 0 Å². The summed E-state index contributed by atoms with van der Waals surface area (Å²) in [5.41, 5.74) is 0. The summed E-state index contributed by atoms with van der Waals surface area (Å²) in [5.74, 6) is -0.377. The van der Waals surface area contributed by atoms with Crippen molar-refractivity contribution < 1.29 is 19.3 Å². The second-order valence-corrected chi connectivity index (χ2v) is 1.91. The van der Waals surface area contributed by atoms with Gasteiger partial charge >= 0.3 is 12.4 Å². The van der Waals surface area contributed by atoms with Crippen molar-refractivity contribution in [2.75, 3.05) is 12.4 Å². The van der Waals surface area contributed by atoms with Crippen LogP contribution in [0, 0.1) is 0 Å². The van der Waals surface area contributed by atoms with Gasteiger partial charge in [0.1, 0.15) is 0 Å². The summed E-state index contributed by atoms with van der Waals surface area (Å²) in [7, 11) is 0. The zero-order chi connectivity index (χ0) is 8.69. The minimum Gasteiger partial charge on any atom is -0.336 e. The molecule has 0 radical (unpaired) electrons. The molecule has 0 aliphatic rings. The number of carbonyl (C=O) groups excluding carboxylic acids is 2. The van der Waals surface area contributed by atoms with E-state index in [1.165, 1.54) is 6.92 Å². The molecule has 0 aliphatic heterocycles. The highest BCUT2D eigenvalue weighted by Gasteiger charge is 2.07. The molecular weight excluding hydrogens is 174 g/mol. The van der Waals surface area contributed by atoms with Gasteiger partial charge in [0.05, 0.1) is 6.54 Å². The van der Waals surface area contributed by atoms with E-state index in [0.717, 1.165) is 0 Å². The first-order valence-electron chi connectivity index (χ1n) is 2.83. The third-order valence-electron chi connectivity index (χ3n) is 0.658. The van der Waals surface area contributed by atoms with Crippen molar-refractivity contribution >= 4 is 24.0 Å². The molecule has 0 saturated carbocycles. The van der Waals surface area contributed by atoms with Gasteiger partial charge in [-0.15, -0.1) is 11.6 Å². The molecule has 0 amide bonds. The lowest BCUT2D eigenvalue weighted by molar-refractivity contribution is -0.314. The Labute approximate surface area is 68.7 Å². The molecule has 6 heteroatoms. The quantitative estimate of drug-likeness (QED) is 0.342. The Morgan fingerprint density at radius 3 is 2.73 bits per heavy atom. The van der Waals surface area contributed by atoms with Crippen LogP contribution in [0.4, 0.5) is 0 Å². The fourth-order valence-corrected chi connectivity index (χ4v) is 0.518. The summed E-state index contributed by atoms with van der Waals surface area (Å²) in [6.45, 7) is 1.48. The molecule has 0 spiro atoms. The van der Waals surface area contributed by atoms with E-state index in [1.807, 2.05) is 0 Å². The van der Waals surface area contributed by atoms with E-state index in [4.69, 9.17) is 11.6 Å². The molecule has 0 heterocycles. The number of nitrogens with zero attached hydrogens (tertiary/aromatic N) is 1. The first-order valence-corrected chi connectivity index (χ1v) is 3.36. The summed E-state index contributed by atoms with van der Waals surface area (Å²) in [4.78, 5) is 28.7. The maximum absolute atomic E-state index is 10.3. The van der Waals surface area contributed by atoms with E-state index in [1.54, 1.807) is 0 Å². The normalized spacial score (nSPS) is 9.36. The van der Waals surface area contributed by atoms with Crippen LogP contribution in [0.5, 0.6) is 0 Å². The molecule has 0 atom stereocenters. The summed E-state index contributed by atoms with van der Waals surface area (Å²) < 4.78 is 0. The van der Waals surface area contributed by atoms with Crippen molar-refractivity contribution in [2.45, 2.75) is 6.92 Å². The van der Waals surface area contributed by atoms with Gasteiger partial charge < -0.3 is 9.68 Å². The predicted molar refractivity (Wildman–Crippen MR) is 36.3 cm³/mol. The Kier molecular flexibility index (Phi) is 5.50. The average molecular weight is 182 g/mol. The zero-order valence-corrected chi connectivity index (χ0v) is 6.71. The van der Waals surface area contributed by atoms with Crippen LogP contribution in [-0.2, 0) is 19.3 Å². The molecule has 0 aromatic heterocycles. The van der Waals surface area contributed by atoms with Crippen LogP contribution >= 0.6 is 11.6 Å². The second kappa shape index (κ2) is 5.94. The number of hydroxylamine groups is 2. The summed E-state index contributed by atoms with van der Waals surface area (Å²) in [6, 6.07) is 0. The number of halogens is 1. The second-order valence-electron chi connectivity index (χ2n) is 1.53. The highest BCUT2D eigenvalue weighted by atomic mass is 35.5. The van der Waals surface area contributed by atoms with E-state index in [9.17, 15) is 9.59 Å². The van der Waals surface area contributed by atoms with Crippen molar-refractivity contribution in [3.05, 3.63) is 0 Å². The lowest BCUT2D eigenvalue weighted by Crippen LogP contribution is -2.28. The van der Waals surface area contributed by atoms with Crippen molar-refractivity contribution in [3.8, 4) is 0 Å². The third kappa shape index (κ3) is 5.63. The molecule has 5 nitrogen and oxygen atoms in total. The van der Waals surface area contributed by atoms with Crippen LogP contribution < -0.4 is 0 Å². The van der Waals surface area contributed by atoms with Crippen molar-refractivity contribution in [1.82, 2.24) is 5.23 Å². The van der Waals surface area contributed by atoms with Crippen LogP contribution in [0.3, 0.4) is 0 Å². The fraction of sp³-hybridized carbons (Fsp3) is 0.600. The Morgan fingerprint density at radius 2 is 2.36 bits per heavy atom. The van der Waals surface area contributed by atoms with Crippen LogP contribution in [0.2, 0.25) is 0 Å². The minimum absolute atomic E-state index is 0.139. The molecule has 0 saturated heterocycles. The molecule has 0 aromatic rings. The fourth-order valence-electron chi connectivity index (χ4n) is 0.380. The van der Waals surface area contributed by atoms with Crippen LogP contribution in [0.1, 0.15) is 6.92 Å². The number of hydrogen-bond acceptors (Lipinski definition) is 5. The van der Waals surface area contributed by atoms with E-state index in [2.05, 4.69) is 9.68 Å². The molecular formula is C5H8ClNO4. The number of hydrogen-bond donors (Lipinski definition) is 0. The first kappa shape index (κ1) is 10.2. The molecule has 0 fully saturated rings. The highest BCUT2D eigenvalue weighted by Crippen LogP contribution is 1.92. The van der Waals surface area contributed by atoms with Crippen molar-refractivity contribution in [2.24, 2.45) is 0 Å². The Morgan fingerprint density at radius 1 is 1.73 bits per heavy atom. The molecule has 0 rings (SSSR count). The number of rotatable bonds is 5. The van der Waals surface area contributed by atoms with Gasteiger partial charge in [0.2, 0.25) is 0 Å². The molecule has 0 N–H and O–H groups in total. The van der Waals surface area contributed by atoms with Crippen LogP contribution in [0.25, 0.3) is 0 Å². The van der Waals surface area contributed by atoms with Gasteiger partial charge in [-0.3, -0.25) is 9.59 Å². The van der Waals surface area contributed by atoms with Gasteiger partial charge in [-0.25, -0.2) is 0 Å². The molecule has 64 valence electrons. The third-order valence-corrected chi connectivity index (χ3v) is 0.827. The topological polar surface area (TPSA) is 55.8 Å². The van der Waals surface area contributed by atoms with E-state index >= 15 is 0 Å². The maximum Gasteiger partial charge on any atom is 0.326 e. The van der Waals surface area contributed by atoms with Gasteiger partial charge in [-0.05, 0) is 0 Å². The standard InChI is InChI=1S/C5H8ClNO4/c1-5(9)11-7(3-2-6)10-4-8/h4H,2-3H2,1H3. The van der Waals surface area contributed by atoms with Gasteiger partial charge in [0.15, 0.2) is 0 Å².